The molecule has 0 heterocycles. The molecule has 2 aromatic carbocycles. The Bertz CT molecular complexity index is 1360. The predicted octanol–water partition coefficient (Wildman–Crippen LogP) is 6.01. The Morgan fingerprint density at radius 2 is 1.50 bits per heavy atom. The van der Waals surface area contributed by atoms with Crippen LogP contribution in [0.2, 0.25) is 0 Å². The first-order valence-electron chi connectivity index (χ1n) is 15.3. The second-order valence-corrected chi connectivity index (χ2v) is 16.0. The molecule has 4 aliphatic rings. The molecule has 0 aromatic heterocycles. The van der Waals surface area contributed by atoms with Crippen LogP contribution in [0, 0.1) is 17.8 Å². The van der Waals surface area contributed by atoms with Gasteiger partial charge in [0, 0.05) is 17.1 Å². The largest absolute Gasteiger partial charge is 0.352 e. The first-order valence-corrected chi connectivity index (χ1v) is 17.9. The summed E-state index contributed by atoms with van der Waals surface area (Å²) in [7, 11) is -3.77. The highest BCUT2D eigenvalue weighted by molar-refractivity contribution is 9.10. The fraction of sp³-hybridized carbons (Fsp3) is 0.576. The molecule has 4 fully saturated rings. The second-order valence-electron chi connectivity index (χ2n) is 13.2. The highest BCUT2D eigenvalue weighted by atomic mass is 79.9. The summed E-state index contributed by atoms with van der Waals surface area (Å²) < 4.78 is 28.2. The van der Waals surface area contributed by atoms with Crippen molar-refractivity contribution < 1.29 is 18.0 Å². The number of nitrogens with one attached hydrogen (secondary N) is 1. The maximum Gasteiger partial charge on any atom is 0.244 e. The number of halogens is 1. The lowest BCUT2D eigenvalue weighted by Gasteiger charge is -2.57. The van der Waals surface area contributed by atoms with Gasteiger partial charge >= 0.3 is 0 Å². The molecule has 0 unspecified atom stereocenters. The summed E-state index contributed by atoms with van der Waals surface area (Å²) in [5.74, 6) is 1.76. The third-order valence-electron chi connectivity index (χ3n) is 9.92. The zero-order valence-electron chi connectivity index (χ0n) is 25.2. The van der Waals surface area contributed by atoms with Crippen molar-refractivity contribution in [3.8, 4) is 0 Å². The van der Waals surface area contributed by atoms with Gasteiger partial charge < -0.3 is 10.2 Å². The van der Waals surface area contributed by atoms with Gasteiger partial charge in [0.15, 0.2) is 0 Å². The van der Waals surface area contributed by atoms with Crippen molar-refractivity contribution >= 4 is 43.5 Å². The van der Waals surface area contributed by atoms with Crippen LogP contribution in [0.3, 0.4) is 0 Å². The zero-order chi connectivity index (χ0) is 30.2. The van der Waals surface area contributed by atoms with Crippen molar-refractivity contribution in [3.05, 3.63) is 64.1 Å². The molecule has 0 saturated heterocycles. The standard InChI is InChI=1S/C33H44BrN3O4S/c1-5-22(2)35-32(39)23(3)36(20-24-6-10-29(34)11-7-24)31(38)21-37(42(4,40)41)30-12-8-28(9-13-30)33-17-25-14-26(18-33)16-27(15-25)19-33/h6-13,22-23,25-27H,5,14-21H2,1-4H3,(H,35,39)/t22-,23-,25?,26?,27?,33?/m0/s1. The minimum Gasteiger partial charge on any atom is -0.352 e. The lowest BCUT2D eigenvalue weighted by molar-refractivity contribution is -0.139. The number of benzene rings is 2. The first-order chi connectivity index (χ1) is 19.9. The van der Waals surface area contributed by atoms with Gasteiger partial charge in [-0.3, -0.25) is 13.9 Å². The molecule has 228 valence electrons. The van der Waals surface area contributed by atoms with Gasteiger partial charge in [-0.25, -0.2) is 8.42 Å². The molecule has 2 atom stereocenters. The fourth-order valence-electron chi connectivity index (χ4n) is 7.89. The van der Waals surface area contributed by atoms with E-state index in [4.69, 9.17) is 0 Å². The molecule has 1 N–H and O–H groups in total. The van der Waals surface area contributed by atoms with Crippen molar-refractivity contribution in [3.63, 3.8) is 0 Å². The van der Waals surface area contributed by atoms with Crippen molar-refractivity contribution in [2.24, 2.45) is 17.8 Å². The third kappa shape index (κ3) is 6.72. The van der Waals surface area contributed by atoms with E-state index in [2.05, 4.69) is 33.4 Å². The van der Waals surface area contributed by atoms with Crippen molar-refractivity contribution in [2.75, 3.05) is 17.1 Å². The van der Waals surface area contributed by atoms with E-state index in [1.165, 1.54) is 53.3 Å². The van der Waals surface area contributed by atoms with Gasteiger partial charge in [-0.15, -0.1) is 0 Å². The smallest absolute Gasteiger partial charge is 0.244 e. The second kappa shape index (κ2) is 12.3. The Kier molecular flexibility index (Phi) is 9.10. The Balaban J connectivity index is 1.38. The lowest BCUT2D eigenvalue weighted by atomic mass is 9.48. The van der Waals surface area contributed by atoms with E-state index in [0.717, 1.165) is 40.5 Å². The predicted molar refractivity (Wildman–Crippen MR) is 171 cm³/mol. The number of sulfonamides is 1. The summed E-state index contributed by atoms with van der Waals surface area (Å²) in [6.07, 6.45) is 9.69. The molecule has 6 rings (SSSR count). The van der Waals surface area contributed by atoms with Crippen molar-refractivity contribution in [1.29, 1.82) is 0 Å². The van der Waals surface area contributed by atoms with Crippen molar-refractivity contribution in [2.45, 2.75) is 89.8 Å². The Hall–Kier alpha value is -2.39. The molecule has 2 aromatic rings. The topological polar surface area (TPSA) is 86.8 Å². The summed E-state index contributed by atoms with van der Waals surface area (Å²) in [4.78, 5) is 28.5. The summed E-state index contributed by atoms with van der Waals surface area (Å²) >= 11 is 3.44. The highest BCUT2D eigenvalue weighted by Gasteiger charge is 2.51. The van der Waals surface area contributed by atoms with Crippen LogP contribution in [0.5, 0.6) is 0 Å². The molecule has 4 saturated carbocycles. The van der Waals surface area contributed by atoms with Crippen LogP contribution in [0.25, 0.3) is 0 Å². The van der Waals surface area contributed by atoms with E-state index in [1.54, 1.807) is 6.92 Å². The van der Waals surface area contributed by atoms with Crippen LogP contribution in [-0.4, -0.2) is 50.0 Å². The molecule has 0 aliphatic heterocycles. The number of hydrogen-bond acceptors (Lipinski definition) is 4. The molecular formula is C33H44BrN3O4S. The van der Waals surface area contributed by atoms with Gasteiger partial charge in [0.25, 0.3) is 0 Å². The normalized spacial score (nSPS) is 26.0. The monoisotopic (exact) mass is 657 g/mol. The fourth-order valence-corrected chi connectivity index (χ4v) is 9.01. The zero-order valence-corrected chi connectivity index (χ0v) is 27.6. The lowest BCUT2D eigenvalue weighted by Crippen LogP contribution is -2.52. The van der Waals surface area contributed by atoms with Crippen LogP contribution >= 0.6 is 15.9 Å². The van der Waals surface area contributed by atoms with E-state index in [-0.39, 0.29) is 30.5 Å². The molecule has 4 aliphatic carbocycles. The number of rotatable bonds is 11. The quantitative estimate of drug-likeness (QED) is 0.320. The van der Waals surface area contributed by atoms with E-state index in [0.29, 0.717) is 5.69 Å². The van der Waals surface area contributed by atoms with E-state index in [1.807, 2.05) is 50.2 Å². The van der Waals surface area contributed by atoms with Gasteiger partial charge in [-0.05, 0) is 117 Å². The Morgan fingerprint density at radius 3 is 2.00 bits per heavy atom. The molecular weight excluding hydrogens is 614 g/mol. The maximum absolute atomic E-state index is 13.9. The molecule has 42 heavy (non-hydrogen) atoms. The average Bonchev–Trinajstić information content (AvgIpc) is 2.93. The minimum atomic E-state index is -3.77. The van der Waals surface area contributed by atoms with Gasteiger partial charge in [-0.2, -0.15) is 0 Å². The minimum absolute atomic E-state index is 0.0374. The number of carbonyl (C=O) groups is 2. The molecule has 4 bridgehead atoms. The summed E-state index contributed by atoms with van der Waals surface area (Å²) in [5, 5.41) is 2.96. The molecule has 0 spiro atoms. The van der Waals surface area contributed by atoms with Crippen LogP contribution in [-0.2, 0) is 31.6 Å². The number of hydrogen-bond donors (Lipinski definition) is 1. The summed E-state index contributed by atoms with van der Waals surface area (Å²) in [6, 6.07) is 14.6. The number of carbonyl (C=O) groups excluding carboxylic acids is 2. The van der Waals surface area contributed by atoms with Gasteiger partial charge in [0.2, 0.25) is 21.8 Å². The number of nitrogens with zero attached hydrogens (tertiary/aromatic N) is 2. The molecule has 2 amide bonds. The van der Waals surface area contributed by atoms with Crippen LogP contribution < -0.4 is 9.62 Å². The molecule has 0 radical (unpaired) electrons. The van der Waals surface area contributed by atoms with Crippen LogP contribution in [0.1, 0.15) is 76.8 Å². The van der Waals surface area contributed by atoms with Crippen molar-refractivity contribution in [1.82, 2.24) is 10.2 Å². The van der Waals surface area contributed by atoms with E-state index in [9.17, 15) is 18.0 Å². The third-order valence-corrected chi connectivity index (χ3v) is 11.6. The van der Waals surface area contributed by atoms with Gasteiger partial charge in [0.05, 0.1) is 11.9 Å². The SMILES string of the molecule is CC[C@H](C)NC(=O)[C@H](C)N(Cc1ccc(Br)cc1)C(=O)CN(c1ccc(C23CC4CC(CC(C4)C2)C3)cc1)S(C)(=O)=O. The highest BCUT2D eigenvalue weighted by Crippen LogP contribution is 2.60. The van der Waals surface area contributed by atoms with E-state index < -0.39 is 22.0 Å². The Labute approximate surface area is 259 Å². The maximum atomic E-state index is 13.9. The number of amides is 2. The van der Waals surface area contributed by atoms with Gasteiger partial charge in [0.1, 0.15) is 12.6 Å². The molecule has 9 heteroatoms. The van der Waals surface area contributed by atoms with E-state index >= 15 is 0 Å². The average molecular weight is 659 g/mol. The van der Waals surface area contributed by atoms with Crippen LogP contribution in [0.15, 0.2) is 53.0 Å². The van der Waals surface area contributed by atoms with Gasteiger partial charge in [-0.1, -0.05) is 47.1 Å². The molecule has 7 nitrogen and oxygen atoms in total. The summed E-state index contributed by atoms with van der Waals surface area (Å²) in [6.45, 7) is 5.40. The van der Waals surface area contributed by atoms with Crippen LogP contribution in [0.4, 0.5) is 5.69 Å². The number of anilines is 1. The summed E-state index contributed by atoms with van der Waals surface area (Å²) in [5.41, 5.74) is 2.83. The Morgan fingerprint density at radius 1 is 0.952 bits per heavy atom. The first kappa shape index (κ1) is 31.0.